The SMILES string of the molecule is CC.CCNc1nc2c(-c3cccc(C(F)(F)F)c3)c(C)c(-c3ccnn3-c3ccc(C#N)cc3)cn2n1.[HH]. The molecule has 0 bridgehead atoms. The molecule has 0 aliphatic rings. The van der Waals surface area contributed by atoms with Crippen LogP contribution in [0.4, 0.5) is 19.1 Å². The molecule has 0 saturated heterocycles. The third kappa shape index (κ3) is 4.95. The van der Waals surface area contributed by atoms with Crippen molar-refractivity contribution in [3.63, 3.8) is 0 Å². The molecule has 0 spiro atoms. The molecule has 0 amide bonds. The molecule has 0 radical (unpaired) electrons. The fraction of sp³-hybridized carbons (Fsp3) is 0.214. The van der Waals surface area contributed by atoms with Crippen LogP contribution in [-0.4, -0.2) is 30.9 Å². The highest BCUT2D eigenvalue weighted by Crippen LogP contribution is 2.38. The van der Waals surface area contributed by atoms with Crippen LogP contribution in [0.5, 0.6) is 0 Å². The minimum absolute atomic E-state index is 0. The maximum absolute atomic E-state index is 13.5. The molecule has 0 fully saturated rings. The number of hydrogen-bond donors (Lipinski definition) is 1. The lowest BCUT2D eigenvalue weighted by Gasteiger charge is -2.16. The van der Waals surface area contributed by atoms with E-state index in [-0.39, 0.29) is 1.43 Å². The summed E-state index contributed by atoms with van der Waals surface area (Å²) in [5.74, 6) is 0.378. The Bertz CT molecular complexity index is 1610. The number of pyridine rings is 1. The fourth-order valence-electron chi connectivity index (χ4n) is 4.18. The lowest BCUT2D eigenvalue weighted by Crippen LogP contribution is -2.06. The van der Waals surface area contributed by atoms with E-state index in [0.717, 1.165) is 28.9 Å². The Balaban J connectivity index is 0.00000137. The van der Waals surface area contributed by atoms with E-state index < -0.39 is 11.7 Å². The van der Waals surface area contributed by atoms with Gasteiger partial charge in [0.15, 0.2) is 5.65 Å². The van der Waals surface area contributed by atoms with Crippen molar-refractivity contribution in [1.82, 2.24) is 24.4 Å². The third-order valence-corrected chi connectivity index (χ3v) is 5.86. The van der Waals surface area contributed by atoms with Gasteiger partial charge in [-0.2, -0.15) is 28.5 Å². The Kier molecular flexibility index (Phi) is 7.48. The molecular formula is C28H28F3N7. The molecule has 1 N–H and O–H groups in total. The number of nitrogens with zero attached hydrogens (tertiary/aromatic N) is 6. The molecule has 3 aromatic heterocycles. The summed E-state index contributed by atoms with van der Waals surface area (Å²) < 4.78 is 43.9. The number of nitriles is 1. The van der Waals surface area contributed by atoms with Crippen molar-refractivity contribution in [2.24, 2.45) is 0 Å². The van der Waals surface area contributed by atoms with E-state index >= 15 is 0 Å². The van der Waals surface area contributed by atoms with E-state index in [2.05, 4.69) is 26.6 Å². The van der Waals surface area contributed by atoms with Gasteiger partial charge in [0.2, 0.25) is 5.95 Å². The zero-order chi connectivity index (χ0) is 27.4. The molecule has 0 aliphatic carbocycles. The van der Waals surface area contributed by atoms with E-state index in [1.54, 1.807) is 51.9 Å². The Hall–Kier alpha value is -4.65. The summed E-state index contributed by atoms with van der Waals surface area (Å²) in [6, 6.07) is 16.1. The van der Waals surface area contributed by atoms with Crippen molar-refractivity contribution in [3.05, 3.63) is 83.7 Å². The normalized spacial score (nSPS) is 11.1. The fourth-order valence-corrected chi connectivity index (χ4v) is 4.18. The van der Waals surface area contributed by atoms with Gasteiger partial charge in [-0.1, -0.05) is 26.0 Å². The Morgan fingerprint density at radius 1 is 1.08 bits per heavy atom. The van der Waals surface area contributed by atoms with Crippen LogP contribution < -0.4 is 5.32 Å². The molecule has 5 aromatic rings. The van der Waals surface area contributed by atoms with E-state index in [0.29, 0.717) is 40.5 Å². The second-order valence-corrected chi connectivity index (χ2v) is 8.14. The van der Waals surface area contributed by atoms with Crippen LogP contribution in [0.25, 0.3) is 33.7 Å². The van der Waals surface area contributed by atoms with E-state index in [1.807, 2.05) is 33.8 Å². The number of fused-ring (bicyclic) bond motifs is 1. The number of nitrogens with one attached hydrogen (secondary N) is 1. The minimum Gasteiger partial charge on any atom is -0.353 e. The van der Waals surface area contributed by atoms with Gasteiger partial charge in [-0.25, -0.2) is 9.20 Å². The van der Waals surface area contributed by atoms with E-state index in [9.17, 15) is 13.2 Å². The first-order valence-electron chi connectivity index (χ1n) is 12.2. The summed E-state index contributed by atoms with van der Waals surface area (Å²) in [6.07, 6.45) is -1.03. The predicted octanol–water partition coefficient (Wildman–Crippen LogP) is 7.15. The van der Waals surface area contributed by atoms with Crippen molar-refractivity contribution in [1.29, 1.82) is 5.26 Å². The van der Waals surface area contributed by atoms with Crippen LogP contribution in [0.3, 0.4) is 0 Å². The van der Waals surface area contributed by atoms with Gasteiger partial charge in [0.1, 0.15) is 0 Å². The topological polar surface area (TPSA) is 83.8 Å². The molecule has 2 aromatic carbocycles. The summed E-state index contributed by atoms with van der Waals surface area (Å²) in [5, 5.41) is 21.1. The van der Waals surface area contributed by atoms with Crippen LogP contribution in [0.1, 0.15) is 38.9 Å². The van der Waals surface area contributed by atoms with Crippen LogP contribution >= 0.6 is 0 Å². The maximum atomic E-state index is 13.5. The molecule has 0 atom stereocenters. The molecule has 10 heteroatoms. The van der Waals surface area contributed by atoms with Gasteiger partial charge < -0.3 is 5.32 Å². The first kappa shape index (κ1) is 26.4. The van der Waals surface area contributed by atoms with Gasteiger partial charge in [-0.05, 0) is 67.4 Å². The van der Waals surface area contributed by atoms with Crippen LogP contribution in [0.2, 0.25) is 0 Å². The Morgan fingerprint density at radius 2 is 1.82 bits per heavy atom. The van der Waals surface area contributed by atoms with Gasteiger partial charge in [0, 0.05) is 25.3 Å². The molecule has 7 nitrogen and oxygen atoms in total. The lowest BCUT2D eigenvalue weighted by molar-refractivity contribution is -0.137. The van der Waals surface area contributed by atoms with Crippen molar-refractivity contribution in [2.75, 3.05) is 11.9 Å². The standard InChI is InChI=1S/C26H20F3N7.C2H6.H2/c1-3-31-25-33-24-23(18-5-4-6-19(13-18)26(27,28)29)16(2)21(15-35(24)34-25)22-11-12-32-36(22)20-9-7-17(14-30)8-10-20;1-2;/h4-13,15H,3H2,1-2H3,(H,31,34);1-2H3;1H. The lowest BCUT2D eigenvalue weighted by atomic mass is 9.95. The predicted molar refractivity (Wildman–Crippen MR) is 143 cm³/mol. The maximum Gasteiger partial charge on any atom is 0.416 e. The van der Waals surface area contributed by atoms with Gasteiger partial charge in [0.25, 0.3) is 0 Å². The van der Waals surface area contributed by atoms with Crippen molar-refractivity contribution >= 4 is 11.6 Å². The first-order valence-corrected chi connectivity index (χ1v) is 12.2. The van der Waals surface area contributed by atoms with E-state index in [4.69, 9.17) is 5.26 Å². The van der Waals surface area contributed by atoms with Crippen LogP contribution in [0.15, 0.2) is 67.0 Å². The van der Waals surface area contributed by atoms with Gasteiger partial charge >= 0.3 is 6.18 Å². The Morgan fingerprint density at radius 3 is 2.47 bits per heavy atom. The largest absolute Gasteiger partial charge is 0.416 e. The zero-order valence-electron chi connectivity index (χ0n) is 21.4. The van der Waals surface area contributed by atoms with Gasteiger partial charge in [-0.3, -0.25) is 0 Å². The average Bonchev–Trinajstić information content (AvgIpc) is 3.56. The highest BCUT2D eigenvalue weighted by Gasteiger charge is 2.31. The second kappa shape index (κ2) is 10.8. The molecule has 0 saturated carbocycles. The molecule has 5 rings (SSSR count). The van der Waals surface area contributed by atoms with Crippen molar-refractivity contribution in [3.8, 4) is 34.1 Å². The second-order valence-electron chi connectivity index (χ2n) is 8.14. The number of halogens is 3. The van der Waals surface area contributed by atoms with E-state index in [1.165, 1.54) is 6.07 Å². The molecule has 196 valence electrons. The number of benzene rings is 2. The molecule has 38 heavy (non-hydrogen) atoms. The van der Waals surface area contributed by atoms with Crippen LogP contribution in [-0.2, 0) is 6.18 Å². The van der Waals surface area contributed by atoms with Crippen LogP contribution in [0, 0.1) is 18.3 Å². The zero-order valence-corrected chi connectivity index (χ0v) is 21.4. The Labute approximate surface area is 219 Å². The van der Waals surface area contributed by atoms with Crippen molar-refractivity contribution in [2.45, 2.75) is 33.9 Å². The van der Waals surface area contributed by atoms with Crippen molar-refractivity contribution < 1.29 is 14.6 Å². The van der Waals surface area contributed by atoms with Gasteiger partial charge in [0.05, 0.1) is 34.8 Å². The highest BCUT2D eigenvalue weighted by molar-refractivity contribution is 5.86. The number of hydrogen-bond acceptors (Lipinski definition) is 5. The number of aromatic nitrogens is 5. The summed E-state index contributed by atoms with van der Waals surface area (Å²) in [7, 11) is 0. The molecular weight excluding hydrogens is 491 g/mol. The highest BCUT2D eigenvalue weighted by atomic mass is 19.4. The quantitative estimate of drug-likeness (QED) is 0.267. The smallest absolute Gasteiger partial charge is 0.353 e. The first-order chi connectivity index (χ1) is 18.3. The third-order valence-electron chi connectivity index (χ3n) is 5.86. The summed E-state index contributed by atoms with van der Waals surface area (Å²) in [4.78, 5) is 4.56. The summed E-state index contributed by atoms with van der Waals surface area (Å²) in [5.41, 5.74) is 4.06. The molecule has 0 unspecified atom stereocenters. The average molecular weight is 520 g/mol. The molecule has 0 aliphatic heterocycles. The number of rotatable bonds is 5. The number of anilines is 1. The van der Waals surface area contributed by atoms with Gasteiger partial charge in [-0.15, -0.1) is 5.10 Å². The monoisotopic (exact) mass is 519 g/mol. The minimum atomic E-state index is -4.48. The summed E-state index contributed by atoms with van der Waals surface area (Å²) in [6.45, 7) is 8.35. The molecule has 3 heterocycles. The number of alkyl halides is 3. The summed E-state index contributed by atoms with van der Waals surface area (Å²) >= 11 is 0.